The first-order valence-corrected chi connectivity index (χ1v) is 19.8. The summed E-state index contributed by atoms with van der Waals surface area (Å²) in [5.41, 5.74) is 17.0. The van der Waals surface area contributed by atoms with E-state index in [1.165, 1.54) is 44.3 Å². The van der Waals surface area contributed by atoms with E-state index in [2.05, 4.69) is 173 Å². The van der Waals surface area contributed by atoms with E-state index in [9.17, 15) is 0 Å². The Bertz CT molecular complexity index is 2830. The van der Waals surface area contributed by atoms with Crippen LogP contribution in [-0.2, 0) is 25.5 Å². The molecule has 0 unspecified atom stereocenters. The van der Waals surface area contributed by atoms with Crippen LogP contribution in [0.1, 0.15) is 37.5 Å². The van der Waals surface area contributed by atoms with E-state index in [1.807, 2.05) is 61.1 Å². The number of pyridine rings is 3. The molecule has 0 spiro atoms. The average molecular weight is 940 g/mol. The smallest absolute Gasteiger partial charge is 0.0708 e. The number of aryl methyl sites for hydroxylation is 1. The van der Waals surface area contributed by atoms with Gasteiger partial charge in [0.05, 0.1) is 5.69 Å². The van der Waals surface area contributed by atoms with E-state index < -0.39 is 0 Å². The Morgan fingerprint density at radius 3 is 1.81 bits per heavy atom. The minimum absolute atomic E-state index is 0. The molecule has 9 rings (SSSR count). The molecule has 0 aliphatic rings. The summed E-state index contributed by atoms with van der Waals surface area (Å²) in [6.07, 6.45) is 5.77. The number of nitrogens with zero attached hydrogens (tertiary/aromatic N) is 3. The van der Waals surface area contributed by atoms with E-state index in [0.29, 0.717) is 0 Å². The zero-order valence-electron chi connectivity index (χ0n) is 34.0. The summed E-state index contributed by atoms with van der Waals surface area (Å²) < 4.78 is 0. The molecule has 291 valence electrons. The molecule has 3 nitrogen and oxygen atoms in total. The molecule has 9 aromatic rings. The van der Waals surface area contributed by atoms with Gasteiger partial charge in [0.2, 0.25) is 0 Å². The van der Waals surface area contributed by atoms with Gasteiger partial charge >= 0.3 is 0 Å². The summed E-state index contributed by atoms with van der Waals surface area (Å²) in [7, 11) is 0. The van der Waals surface area contributed by atoms with Gasteiger partial charge in [0, 0.05) is 49.6 Å². The van der Waals surface area contributed by atoms with Gasteiger partial charge in [-0.05, 0) is 93.2 Å². The molecule has 0 N–H and O–H groups in total. The zero-order chi connectivity index (χ0) is 40.1. The molecule has 3 heterocycles. The maximum Gasteiger partial charge on any atom is 0.0708 e. The predicted molar refractivity (Wildman–Crippen MR) is 242 cm³/mol. The molecular formula is C55H45IrN3-2. The van der Waals surface area contributed by atoms with Crippen molar-refractivity contribution in [3.8, 4) is 67.2 Å². The minimum Gasteiger partial charge on any atom is -0.305 e. The third-order valence-corrected chi connectivity index (χ3v) is 10.6. The van der Waals surface area contributed by atoms with Gasteiger partial charge in [0.25, 0.3) is 0 Å². The van der Waals surface area contributed by atoms with E-state index in [4.69, 9.17) is 9.97 Å². The summed E-state index contributed by atoms with van der Waals surface area (Å²) >= 11 is 0. The fourth-order valence-corrected chi connectivity index (χ4v) is 7.41. The molecule has 0 amide bonds. The van der Waals surface area contributed by atoms with Crippen molar-refractivity contribution in [1.82, 2.24) is 15.0 Å². The van der Waals surface area contributed by atoms with Crippen LogP contribution in [0.2, 0.25) is 0 Å². The monoisotopic (exact) mass is 940 g/mol. The van der Waals surface area contributed by atoms with Crippen LogP contribution < -0.4 is 0 Å². The number of hydrogen-bond acceptors (Lipinski definition) is 3. The van der Waals surface area contributed by atoms with Crippen LogP contribution in [0.4, 0.5) is 0 Å². The van der Waals surface area contributed by atoms with Crippen LogP contribution in [0.5, 0.6) is 0 Å². The van der Waals surface area contributed by atoms with E-state index in [0.717, 1.165) is 50.3 Å². The number of benzene rings is 6. The normalized spacial score (nSPS) is 11.0. The van der Waals surface area contributed by atoms with Gasteiger partial charge in [-0.15, -0.1) is 71.3 Å². The Labute approximate surface area is 362 Å². The zero-order valence-corrected chi connectivity index (χ0v) is 36.4. The standard InChI is InChI=1S/C43H35N2.C12H10N.Ir/c1-29-35(30-13-7-5-8-14-30)19-12-20-36(29)38-22-21-37(40-28-45-42(27-39(38)40)31-15-9-6-10-16-31)32-17-11-18-33(25-32)41-26-34(23-24-44-41)43(2,3)4;1-10-7-8-13-12(9-10)11-5-3-2-4-6-11;/h5-17,19-28H,1-4H3;2-5,7-9H,1H3;/q2*-1;. The molecule has 0 fully saturated rings. The van der Waals surface area contributed by atoms with Gasteiger partial charge in [-0.25, -0.2) is 0 Å². The molecule has 4 heteroatoms. The maximum absolute atomic E-state index is 4.98. The number of rotatable bonds is 6. The van der Waals surface area contributed by atoms with Crippen molar-refractivity contribution in [2.45, 2.75) is 40.0 Å². The fourth-order valence-electron chi connectivity index (χ4n) is 7.41. The largest absolute Gasteiger partial charge is 0.305 e. The second-order valence-electron chi connectivity index (χ2n) is 15.7. The van der Waals surface area contributed by atoms with Crippen LogP contribution in [-0.4, -0.2) is 15.0 Å². The second kappa shape index (κ2) is 18.1. The van der Waals surface area contributed by atoms with Gasteiger partial charge in [-0.1, -0.05) is 129 Å². The topological polar surface area (TPSA) is 38.7 Å². The molecule has 0 atom stereocenters. The molecule has 6 aromatic carbocycles. The first-order valence-electron chi connectivity index (χ1n) is 19.8. The molecule has 0 saturated heterocycles. The number of aromatic nitrogens is 3. The van der Waals surface area contributed by atoms with E-state index in [1.54, 1.807) is 0 Å². The van der Waals surface area contributed by atoms with Gasteiger partial charge < -0.3 is 9.97 Å². The van der Waals surface area contributed by atoms with Crippen LogP contribution >= 0.6 is 0 Å². The van der Waals surface area contributed by atoms with Gasteiger partial charge in [0.15, 0.2) is 0 Å². The molecular weight excluding hydrogens is 895 g/mol. The van der Waals surface area contributed by atoms with E-state index >= 15 is 0 Å². The Morgan fingerprint density at radius 2 is 1.10 bits per heavy atom. The van der Waals surface area contributed by atoms with Crippen molar-refractivity contribution in [3.05, 3.63) is 211 Å². The minimum atomic E-state index is 0. The van der Waals surface area contributed by atoms with Crippen molar-refractivity contribution in [3.63, 3.8) is 0 Å². The third kappa shape index (κ3) is 9.21. The number of fused-ring (bicyclic) bond motifs is 1. The second-order valence-corrected chi connectivity index (χ2v) is 15.7. The average Bonchev–Trinajstić information content (AvgIpc) is 3.27. The van der Waals surface area contributed by atoms with Crippen LogP contribution in [0, 0.1) is 26.0 Å². The number of hydrogen-bond donors (Lipinski definition) is 0. The van der Waals surface area contributed by atoms with Gasteiger partial charge in [0.1, 0.15) is 0 Å². The fraction of sp³-hybridized carbons (Fsp3) is 0.109. The molecule has 59 heavy (non-hydrogen) atoms. The van der Waals surface area contributed by atoms with Gasteiger partial charge in [-0.2, -0.15) is 0 Å². The summed E-state index contributed by atoms with van der Waals surface area (Å²) in [5.74, 6) is 0. The summed E-state index contributed by atoms with van der Waals surface area (Å²) in [6, 6.07) is 63.6. The predicted octanol–water partition coefficient (Wildman–Crippen LogP) is 14.2. The van der Waals surface area contributed by atoms with Crippen molar-refractivity contribution in [2.75, 3.05) is 0 Å². The molecule has 3 aromatic heterocycles. The maximum atomic E-state index is 4.98. The Balaban J connectivity index is 0.000000321. The molecule has 0 saturated carbocycles. The van der Waals surface area contributed by atoms with Crippen molar-refractivity contribution in [2.24, 2.45) is 0 Å². The van der Waals surface area contributed by atoms with Crippen molar-refractivity contribution >= 4 is 10.8 Å². The SMILES string of the molecule is Cc1c(-c2ccccc2)cccc1-c1ccc(-c2cc[c-]c(-c3cc(C(C)(C)C)ccn3)c2)c2cnc(-c3ccccc3)cc12.Cc1ccnc(-c2[c-]cccc2)c1.[Ir]. The Morgan fingerprint density at radius 1 is 0.441 bits per heavy atom. The third-order valence-electron chi connectivity index (χ3n) is 10.6. The van der Waals surface area contributed by atoms with Crippen LogP contribution in [0.3, 0.4) is 0 Å². The summed E-state index contributed by atoms with van der Waals surface area (Å²) in [4.78, 5) is 14.0. The van der Waals surface area contributed by atoms with Crippen LogP contribution in [0.25, 0.3) is 77.9 Å². The molecule has 0 bridgehead atoms. The summed E-state index contributed by atoms with van der Waals surface area (Å²) in [6.45, 7) is 11.0. The molecule has 1 radical (unpaired) electrons. The van der Waals surface area contributed by atoms with E-state index in [-0.39, 0.29) is 25.5 Å². The van der Waals surface area contributed by atoms with Gasteiger partial charge in [-0.3, -0.25) is 4.98 Å². The molecule has 0 aliphatic heterocycles. The molecule has 0 aliphatic carbocycles. The first kappa shape index (κ1) is 40.9. The first-order chi connectivity index (χ1) is 28.2. The Hall–Kier alpha value is -6.32. The van der Waals surface area contributed by atoms with Crippen LogP contribution in [0.15, 0.2) is 182 Å². The van der Waals surface area contributed by atoms with Crippen molar-refractivity contribution in [1.29, 1.82) is 0 Å². The Kier molecular flexibility index (Phi) is 12.5. The quantitative estimate of drug-likeness (QED) is 0.156. The summed E-state index contributed by atoms with van der Waals surface area (Å²) in [5, 5.41) is 2.29. The van der Waals surface area contributed by atoms with Crippen molar-refractivity contribution < 1.29 is 20.1 Å².